The number of thioether (sulfide) groups is 1. The molecule has 0 unspecified atom stereocenters. The summed E-state index contributed by atoms with van der Waals surface area (Å²) in [6.45, 7) is 0. The highest BCUT2D eigenvalue weighted by Gasteiger charge is 2.42. The highest BCUT2D eigenvalue weighted by atomic mass is 32.2. The Hall–Kier alpha value is -2.94. The quantitative estimate of drug-likeness (QED) is 0.257. The van der Waals surface area contributed by atoms with Crippen molar-refractivity contribution >= 4 is 35.4 Å². The molecule has 8 nitrogen and oxygen atoms in total. The van der Waals surface area contributed by atoms with E-state index in [0.717, 1.165) is 25.0 Å². The lowest BCUT2D eigenvalue weighted by molar-refractivity contribution is -0.134. The van der Waals surface area contributed by atoms with Gasteiger partial charge in [0.25, 0.3) is 5.91 Å². The normalized spacial score (nSPS) is 22.1. The summed E-state index contributed by atoms with van der Waals surface area (Å²) in [5.41, 5.74) is 0.581. The number of unbranched alkanes of at least 4 members (excludes halogenated alkanes) is 1. The largest absolute Gasteiger partial charge is 0.459 e. The minimum atomic E-state index is -0.343. The van der Waals surface area contributed by atoms with Crippen LogP contribution in [0.4, 0.5) is 10.5 Å². The van der Waals surface area contributed by atoms with Crippen LogP contribution >= 0.6 is 11.8 Å². The molecule has 0 spiro atoms. The molecular weight excluding hydrogens is 406 g/mol. The number of hydrogen-bond donors (Lipinski definition) is 3. The van der Waals surface area contributed by atoms with Gasteiger partial charge in [-0.05, 0) is 49.2 Å². The van der Waals surface area contributed by atoms with Crippen LogP contribution in [0, 0.1) is 0 Å². The third-order valence-corrected chi connectivity index (χ3v) is 6.66. The number of urea groups is 1. The number of esters is 1. The lowest BCUT2D eigenvalue weighted by Crippen LogP contribution is -2.36. The Balaban J connectivity index is 1.15. The smallest absolute Gasteiger partial charge is 0.315 e. The summed E-state index contributed by atoms with van der Waals surface area (Å²) in [4.78, 5) is 35.4. The van der Waals surface area contributed by atoms with Gasteiger partial charge in [0.15, 0.2) is 5.76 Å². The molecule has 0 aliphatic carbocycles. The van der Waals surface area contributed by atoms with Gasteiger partial charge in [-0.15, -0.1) is 0 Å². The highest BCUT2D eigenvalue weighted by Crippen LogP contribution is 2.33. The Labute approximate surface area is 178 Å². The molecule has 30 heavy (non-hydrogen) atoms. The maximum Gasteiger partial charge on any atom is 0.315 e. The van der Waals surface area contributed by atoms with Crippen LogP contribution in [0.1, 0.15) is 36.2 Å². The van der Waals surface area contributed by atoms with Crippen molar-refractivity contribution in [3.8, 4) is 5.75 Å². The Morgan fingerprint density at radius 2 is 2.00 bits per heavy atom. The van der Waals surface area contributed by atoms with Crippen molar-refractivity contribution in [2.45, 2.75) is 43.0 Å². The average molecular weight is 429 g/mol. The number of furan rings is 1. The number of anilines is 1. The maximum atomic E-state index is 12.1. The van der Waals surface area contributed by atoms with Crippen molar-refractivity contribution in [3.63, 3.8) is 0 Å². The number of nitrogens with one attached hydrogen (secondary N) is 3. The number of carbonyl (C=O) groups is 3. The van der Waals surface area contributed by atoms with E-state index >= 15 is 0 Å². The zero-order chi connectivity index (χ0) is 20.9. The van der Waals surface area contributed by atoms with Crippen molar-refractivity contribution in [2.24, 2.45) is 0 Å². The van der Waals surface area contributed by atoms with Crippen molar-refractivity contribution < 1.29 is 23.5 Å². The Kier molecular flexibility index (Phi) is 6.27. The Bertz CT molecular complexity index is 900. The molecule has 1 aromatic carbocycles. The lowest BCUT2D eigenvalue weighted by Gasteiger charge is -2.16. The van der Waals surface area contributed by atoms with Gasteiger partial charge >= 0.3 is 12.0 Å². The third kappa shape index (κ3) is 4.96. The van der Waals surface area contributed by atoms with Crippen molar-refractivity contribution in [1.82, 2.24) is 10.6 Å². The monoisotopic (exact) mass is 429 g/mol. The number of ether oxygens (including phenoxy) is 1. The molecule has 2 aromatic rings. The summed E-state index contributed by atoms with van der Waals surface area (Å²) in [5, 5.41) is 9.01. The minimum absolute atomic E-state index is 0.0783. The van der Waals surface area contributed by atoms with Gasteiger partial charge in [0.2, 0.25) is 0 Å². The number of amides is 3. The van der Waals surface area contributed by atoms with Crippen LogP contribution in [0.3, 0.4) is 0 Å². The number of rotatable bonds is 8. The summed E-state index contributed by atoms with van der Waals surface area (Å²) in [6, 6.07) is 10.2. The summed E-state index contributed by atoms with van der Waals surface area (Å²) in [5.74, 6) is 0.974. The zero-order valence-electron chi connectivity index (χ0n) is 16.3. The molecule has 2 aliphatic heterocycles. The summed E-state index contributed by atoms with van der Waals surface area (Å²) in [6.07, 6.45) is 4.39. The number of fused-ring (bicyclic) bond motifs is 1. The van der Waals surface area contributed by atoms with Gasteiger partial charge in [0.05, 0.1) is 18.3 Å². The predicted octanol–water partition coefficient (Wildman–Crippen LogP) is 3.16. The topological polar surface area (TPSA) is 110 Å². The fourth-order valence-electron chi connectivity index (χ4n) is 3.65. The summed E-state index contributed by atoms with van der Waals surface area (Å²) in [7, 11) is 0. The van der Waals surface area contributed by atoms with Crippen molar-refractivity contribution in [3.05, 3.63) is 48.4 Å². The van der Waals surface area contributed by atoms with Crippen LogP contribution in [0.25, 0.3) is 0 Å². The molecule has 3 N–H and O–H groups in total. The van der Waals surface area contributed by atoms with E-state index in [0.29, 0.717) is 23.1 Å². The van der Waals surface area contributed by atoms with Crippen molar-refractivity contribution in [2.75, 3.05) is 11.1 Å². The molecule has 2 aliphatic rings. The van der Waals surface area contributed by atoms with Gasteiger partial charge in [-0.1, -0.05) is 6.42 Å². The fourth-order valence-corrected chi connectivity index (χ4v) is 5.19. The van der Waals surface area contributed by atoms with E-state index in [9.17, 15) is 14.4 Å². The minimum Gasteiger partial charge on any atom is -0.459 e. The van der Waals surface area contributed by atoms with Gasteiger partial charge in [0, 0.05) is 23.1 Å². The summed E-state index contributed by atoms with van der Waals surface area (Å²) < 4.78 is 10.4. The second-order valence-corrected chi connectivity index (χ2v) is 8.57. The highest BCUT2D eigenvalue weighted by molar-refractivity contribution is 8.00. The number of carbonyl (C=O) groups excluding carboxylic acids is 3. The van der Waals surface area contributed by atoms with E-state index in [-0.39, 0.29) is 35.8 Å². The van der Waals surface area contributed by atoms with Crippen LogP contribution < -0.4 is 20.7 Å². The molecule has 3 heterocycles. The van der Waals surface area contributed by atoms with Crippen LogP contribution in [-0.2, 0) is 4.79 Å². The molecule has 3 atom stereocenters. The average Bonchev–Trinajstić information content (AvgIpc) is 3.45. The van der Waals surface area contributed by atoms with E-state index in [2.05, 4.69) is 16.0 Å². The molecule has 2 fully saturated rings. The van der Waals surface area contributed by atoms with Gasteiger partial charge in [-0.25, -0.2) is 4.79 Å². The standard InChI is InChI=1S/C21H23N3O5S/c25-18(6-2-1-5-17-19-15(12-30-17)23-21(27)24-19)29-14-9-7-13(8-10-14)22-20(26)16-4-3-11-28-16/h3-4,7-11,15,17,19H,1-2,5-6,12H2,(H,22,26)(H2,23,24,27)/t15-,17-,19-/m1/s1. The predicted molar refractivity (Wildman–Crippen MR) is 113 cm³/mol. The molecular formula is C21H23N3O5S. The zero-order valence-corrected chi connectivity index (χ0v) is 17.1. The molecule has 0 bridgehead atoms. The van der Waals surface area contributed by atoms with E-state index in [4.69, 9.17) is 9.15 Å². The molecule has 0 saturated carbocycles. The Morgan fingerprint density at radius 1 is 1.17 bits per heavy atom. The number of benzene rings is 1. The molecule has 0 radical (unpaired) electrons. The first-order valence-corrected chi connectivity index (χ1v) is 11.0. The first-order valence-electron chi connectivity index (χ1n) is 9.93. The van der Waals surface area contributed by atoms with E-state index < -0.39 is 0 Å². The van der Waals surface area contributed by atoms with E-state index in [1.807, 2.05) is 11.8 Å². The molecule has 4 rings (SSSR count). The first-order chi connectivity index (χ1) is 14.6. The molecule has 158 valence electrons. The van der Waals surface area contributed by atoms with Gasteiger partial charge in [0.1, 0.15) is 5.75 Å². The second-order valence-electron chi connectivity index (χ2n) is 7.30. The molecule has 2 saturated heterocycles. The molecule has 1 aromatic heterocycles. The lowest BCUT2D eigenvalue weighted by atomic mass is 10.0. The molecule has 3 amide bonds. The summed E-state index contributed by atoms with van der Waals surface area (Å²) >= 11 is 1.87. The van der Waals surface area contributed by atoms with E-state index in [1.54, 1.807) is 36.4 Å². The van der Waals surface area contributed by atoms with Crippen LogP contribution in [0.5, 0.6) is 5.75 Å². The van der Waals surface area contributed by atoms with Crippen molar-refractivity contribution in [1.29, 1.82) is 0 Å². The molecule has 9 heteroatoms. The van der Waals surface area contributed by atoms with Gasteiger partial charge in [-0.2, -0.15) is 11.8 Å². The SMILES string of the molecule is O=C1N[C@@H]2[C@@H](CS[C@@H]2CCCCC(=O)Oc2ccc(NC(=O)c3ccco3)cc2)N1. The fraction of sp³-hybridized carbons (Fsp3) is 0.381. The maximum absolute atomic E-state index is 12.1. The van der Waals surface area contributed by atoms with Crippen LogP contribution in [0.2, 0.25) is 0 Å². The van der Waals surface area contributed by atoms with Crippen LogP contribution in [-0.4, -0.2) is 41.0 Å². The number of hydrogen-bond acceptors (Lipinski definition) is 6. The van der Waals surface area contributed by atoms with Gasteiger partial charge < -0.3 is 25.1 Å². The van der Waals surface area contributed by atoms with E-state index in [1.165, 1.54) is 6.26 Å². The van der Waals surface area contributed by atoms with Crippen LogP contribution in [0.15, 0.2) is 47.1 Å². The Morgan fingerprint density at radius 3 is 2.77 bits per heavy atom. The first kappa shape index (κ1) is 20.3. The van der Waals surface area contributed by atoms with Gasteiger partial charge in [-0.3, -0.25) is 9.59 Å². The second kappa shape index (κ2) is 9.25. The third-order valence-electron chi connectivity index (χ3n) is 5.15.